The lowest BCUT2D eigenvalue weighted by Crippen LogP contribution is -2.41. The molecule has 0 saturated carbocycles. The number of hydrogen-bond acceptors (Lipinski definition) is 4. The number of nitrogens with one attached hydrogen (secondary N) is 1. The number of nitrogens with zero attached hydrogens (tertiary/aromatic N) is 1. The van der Waals surface area contributed by atoms with Crippen LogP contribution in [0.5, 0.6) is 0 Å². The molecule has 124 valence electrons. The van der Waals surface area contributed by atoms with Crippen molar-refractivity contribution in [1.29, 1.82) is 0 Å². The average molecular weight is 335 g/mol. The molecule has 0 fully saturated rings. The van der Waals surface area contributed by atoms with Crippen LogP contribution < -0.4 is 11.1 Å². The van der Waals surface area contributed by atoms with Crippen LogP contribution in [-0.2, 0) is 11.2 Å². The molecule has 0 aliphatic carbocycles. The minimum absolute atomic E-state index is 0.100. The van der Waals surface area contributed by atoms with Gasteiger partial charge in [-0.1, -0.05) is 32.0 Å². The monoisotopic (exact) mass is 335 g/mol. The van der Waals surface area contributed by atoms with E-state index >= 15 is 0 Å². The van der Waals surface area contributed by atoms with E-state index in [9.17, 15) is 9.18 Å². The minimum Gasteiger partial charge on any atom is -0.329 e. The van der Waals surface area contributed by atoms with Gasteiger partial charge in [-0.25, -0.2) is 9.37 Å². The van der Waals surface area contributed by atoms with Crippen LogP contribution in [0.15, 0.2) is 30.5 Å². The number of thiazole rings is 1. The fraction of sp³-hybridized carbons (Fsp3) is 0.412. The van der Waals surface area contributed by atoms with Gasteiger partial charge in [-0.3, -0.25) is 4.79 Å². The van der Waals surface area contributed by atoms with Gasteiger partial charge in [0, 0.05) is 24.0 Å². The Hall–Kier alpha value is -1.79. The lowest BCUT2D eigenvalue weighted by atomic mass is 9.81. The summed E-state index contributed by atoms with van der Waals surface area (Å²) in [6.07, 6.45) is 3.50. The van der Waals surface area contributed by atoms with Gasteiger partial charge >= 0.3 is 0 Å². The van der Waals surface area contributed by atoms with Gasteiger partial charge in [0.05, 0.1) is 5.41 Å². The Balaban J connectivity index is 2.08. The van der Waals surface area contributed by atoms with Gasteiger partial charge in [-0.2, -0.15) is 0 Å². The smallest absolute Gasteiger partial charge is 0.233 e. The van der Waals surface area contributed by atoms with Crippen molar-refractivity contribution < 1.29 is 9.18 Å². The summed E-state index contributed by atoms with van der Waals surface area (Å²) in [5.41, 5.74) is 5.85. The fourth-order valence-corrected chi connectivity index (χ4v) is 3.29. The summed E-state index contributed by atoms with van der Waals surface area (Å²) in [5.74, 6) is -0.331. The third kappa shape index (κ3) is 3.95. The molecule has 4 nitrogen and oxygen atoms in total. The van der Waals surface area contributed by atoms with Crippen LogP contribution in [0.4, 0.5) is 9.52 Å². The molecule has 0 spiro atoms. The van der Waals surface area contributed by atoms with Crippen molar-refractivity contribution in [3.05, 3.63) is 46.7 Å². The Labute approximate surface area is 139 Å². The molecule has 0 radical (unpaired) electrons. The molecule has 3 N–H and O–H groups in total. The Morgan fingerprint density at radius 1 is 1.35 bits per heavy atom. The van der Waals surface area contributed by atoms with E-state index in [2.05, 4.69) is 10.3 Å². The van der Waals surface area contributed by atoms with E-state index in [1.807, 2.05) is 13.8 Å². The molecule has 2 rings (SSSR count). The highest BCUT2D eigenvalue weighted by Crippen LogP contribution is 2.29. The molecule has 1 aromatic carbocycles. The van der Waals surface area contributed by atoms with Crippen molar-refractivity contribution in [3.63, 3.8) is 0 Å². The lowest BCUT2D eigenvalue weighted by molar-refractivity contribution is -0.125. The maximum atomic E-state index is 13.7. The van der Waals surface area contributed by atoms with Crippen LogP contribution in [-0.4, -0.2) is 17.4 Å². The van der Waals surface area contributed by atoms with Gasteiger partial charge in [0.1, 0.15) is 5.82 Å². The topological polar surface area (TPSA) is 68.0 Å². The van der Waals surface area contributed by atoms with Gasteiger partial charge in [-0.15, -0.1) is 11.3 Å². The maximum absolute atomic E-state index is 13.7. The molecule has 1 heterocycles. The van der Waals surface area contributed by atoms with Crippen LogP contribution in [0.25, 0.3) is 0 Å². The first-order valence-electron chi connectivity index (χ1n) is 7.74. The molecule has 1 aromatic heterocycles. The standard InChI is InChI=1S/C17H22FN3OS/c1-3-17(4-2,11-19)15(22)21-16-20-10-13(23-16)9-12-7-5-6-8-14(12)18/h5-8,10H,3-4,9,11,19H2,1-2H3,(H,20,21,22). The van der Waals surface area contributed by atoms with Crippen molar-refractivity contribution in [1.82, 2.24) is 4.98 Å². The SMILES string of the molecule is CCC(CC)(CN)C(=O)Nc1ncc(Cc2ccccc2F)s1. The normalized spacial score (nSPS) is 11.5. The number of aromatic nitrogens is 1. The molecular formula is C17H22FN3OS. The summed E-state index contributed by atoms with van der Waals surface area (Å²) >= 11 is 1.36. The summed E-state index contributed by atoms with van der Waals surface area (Å²) in [6.45, 7) is 4.22. The summed E-state index contributed by atoms with van der Waals surface area (Å²) in [6, 6.07) is 6.66. The Bertz CT molecular complexity index is 659. The van der Waals surface area contributed by atoms with Gasteiger partial charge < -0.3 is 11.1 Å². The lowest BCUT2D eigenvalue weighted by Gasteiger charge is -2.27. The van der Waals surface area contributed by atoms with Crippen molar-refractivity contribution in [2.45, 2.75) is 33.1 Å². The first-order chi connectivity index (χ1) is 11.0. The number of carbonyl (C=O) groups is 1. The molecule has 23 heavy (non-hydrogen) atoms. The molecule has 0 aliphatic heterocycles. The minimum atomic E-state index is -0.558. The van der Waals surface area contributed by atoms with Gasteiger partial charge in [0.25, 0.3) is 0 Å². The second-order valence-corrected chi connectivity index (χ2v) is 6.66. The number of nitrogens with two attached hydrogens (primary N) is 1. The van der Waals surface area contributed by atoms with Crippen LogP contribution in [0.3, 0.4) is 0 Å². The molecular weight excluding hydrogens is 313 g/mol. The van der Waals surface area contributed by atoms with E-state index in [0.29, 0.717) is 36.5 Å². The second-order valence-electron chi connectivity index (χ2n) is 5.55. The largest absolute Gasteiger partial charge is 0.329 e. The molecule has 6 heteroatoms. The van der Waals surface area contributed by atoms with E-state index in [1.165, 1.54) is 17.4 Å². The first kappa shape index (κ1) is 17.6. The van der Waals surface area contributed by atoms with E-state index in [-0.39, 0.29) is 11.7 Å². The summed E-state index contributed by atoms with van der Waals surface area (Å²) < 4.78 is 13.7. The zero-order chi connectivity index (χ0) is 16.9. The summed E-state index contributed by atoms with van der Waals surface area (Å²) in [5, 5.41) is 3.38. The van der Waals surface area contributed by atoms with Gasteiger partial charge in [0.15, 0.2) is 5.13 Å². The highest BCUT2D eigenvalue weighted by Gasteiger charge is 2.33. The molecule has 0 aliphatic rings. The van der Waals surface area contributed by atoms with Gasteiger partial charge in [-0.05, 0) is 24.5 Å². The van der Waals surface area contributed by atoms with Crippen molar-refractivity contribution in [2.75, 3.05) is 11.9 Å². The van der Waals surface area contributed by atoms with Crippen molar-refractivity contribution in [3.8, 4) is 0 Å². The van der Waals surface area contributed by atoms with Crippen molar-refractivity contribution >= 4 is 22.4 Å². The summed E-state index contributed by atoms with van der Waals surface area (Å²) in [7, 11) is 0. The average Bonchev–Trinajstić information content (AvgIpc) is 2.99. The first-order valence-corrected chi connectivity index (χ1v) is 8.56. The van der Waals surface area contributed by atoms with Gasteiger partial charge in [0.2, 0.25) is 5.91 Å². The van der Waals surface area contributed by atoms with Crippen LogP contribution in [0, 0.1) is 11.2 Å². The Morgan fingerprint density at radius 2 is 2.04 bits per heavy atom. The molecule has 0 unspecified atom stereocenters. The van der Waals surface area contributed by atoms with E-state index in [0.717, 1.165) is 4.88 Å². The Kier molecular flexibility index (Phi) is 5.85. The zero-order valence-electron chi connectivity index (χ0n) is 13.4. The van der Waals surface area contributed by atoms with E-state index < -0.39 is 5.41 Å². The molecule has 2 aromatic rings. The predicted molar refractivity (Wildman–Crippen MR) is 92.0 cm³/mol. The zero-order valence-corrected chi connectivity index (χ0v) is 14.3. The van der Waals surface area contributed by atoms with Crippen LogP contribution in [0.2, 0.25) is 0 Å². The molecule has 1 amide bonds. The fourth-order valence-electron chi connectivity index (χ4n) is 2.46. The number of halogens is 1. The number of hydrogen-bond donors (Lipinski definition) is 2. The second kappa shape index (κ2) is 7.66. The van der Waals surface area contributed by atoms with Crippen LogP contribution >= 0.6 is 11.3 Å². The highest BCUT2D eigenvalue weighted by atomic mass is 32.1. The Morgan fingerprint density at radius 3 is 2.65 bits per heavy atom. The third-order valence-electron chi connectivity index (χ3n) is 4.32. The molecule has 0 bridgehead atoms. The van der Waals surface area contributed by atoms with Crippen molar-refractivity contribution in [2.24, 2.45) is 11.1 Å². The quantitative estimate of drug-likeness (QED) is 0.813. The number of anilines is 1. The maximum Gasteiger partial charge on any atom is 0.233 e. The predicted octanol–water partition coefficient (Wildman–Crippen LogP) is 3.58. The molecule has 0 atom stereocenters. The summed E-state index contributed by atoms with van der Waals surface area (Å²) in [4.78, 5) is 17.6. The number of carbonyl (C=O) groups excluding carboxylic acids is 1. The number of amides is 1. The third-order valence-corrected chi connectivity index (χ3v) is 5.24. The highest BCUT2D eigenvalue weighted by molar-refractivity contribution is 7.15. The number of benzene rings is 1. The molecule has 0 saturated heterocycles. The van der Waals surface area contributed by atoms with Crippen LogP contribution in [0.1, 0.15) is 37.1 Å². The van der Waals surface area contributed by atoms with E-state index in [1.54, 1.807) is 24.4 Å². The number of rotatable bonds is 7. The van der Waals surface area contributed by atoms with E-state index in [4.69, 9.17) is 5.73 Å².